The third-order valence-electron chi connectivity index (χ3n) is 6.52. The molecule has 7 nitrogen and oxygen atoms in total. The molecule has 0 spiro atoms. The van der Waals surface area contributed by atoms with Crippen LogP contribution in [0.4, 0.5) is 5.82 Å². The molecule has 5 rings (SSSR count). The van der Waals surface area contributed by atoms with E-state index in [1.807, 2.05) is 10.6 Å². The van der Waals surface area contributed by atoms with E-state index >= 15 is 0 Å². The van der Waals surface area contributed by atoms with Gasteiger partial charge in [0.15, 0.2) is 5.65 Å². The molecule has 8 heteroatoms. The Bertz CT molecular complexity index is 1120. The van der Waals surface area contributed by atoms with Crippen molar-refractivity contribution in [2.24, 2.45) is 5.92 Å². The fourth-order valence-corrected chi connectivity index (χ4v) is 5.75. The summed E-state index contributed by atoms with van der Waals surface area (Å²) in [7, 11) is 1.74. The number of hydrogen-bond donors (Lipinski definition) is 0. The van der Waals surface area contributed by atoms with Crippen molar-refractivity contribution in [2.45, 2.75) is 45.2 Å². The van der Waals surface area contributed by atoms with E-state index in [0.717, 1.165) is 67.5 Å². The normalized spacial score (nSPS) is 22.2. The van der Waals surface area contributed by atoms with E-state index in [1.54, 1.807) is 18.4 Å². The molecule has 2 atom stereocenters. The molecule has 0 amide bonds. The van der Waals surface area contributed by atoms with Crippen molar-refractivity contribution in [2.75, 3.05) is 31.6 Å². The molecule has 2 aliphatic rings. The van der Waals surface area contributed by atoms with Crippen molar-refractivity contribution in [3.05, 3.63) is 39.8 Å². The van der Waals surface area contributed by atoms with Gasteiger partial charge in [0.1, 0.15) is 11.6 Å². The lowest BCUT2D eigenvalue weighted by Gasteiger charge is -2.34. The van der Waals surface area contributed by atoms with E-state index in [9.17, 15) is 5.26 Å². The number of thiophene rings is 1. The highest BCUT2D eigenvalue weighted by Crippen LogP contribution is 2.35. The molecule has 162 valence electrons. The molecule has 3 aromatic rings. The third kappa shape index (κ3) is 3.88. The molecular weight excluding hydrogens is 408 g/mol. The van der Waals surface area contributed by atoms with Gasteiger partial charge >= 0.3 is 0 Å². The molecule has 2 fully saturated rings. The highest BCUT2D eigenvalue weighted by Gasteiger charge is 2.29. The maximum Gasteiger partial charge on any atom is 0.157 e. The van der Waals surface area contributed by atoms with Crippen LogP contribution < -0.4 is 9.64 Å². The zero-order chi connectivity index (χ0) is 21.4. The second-order valence-electron chi connectivity index (χ2n) is 8.57. The molecular formula is C23H28N6OS. The topological polar surface area (TPSA) is 69.7 Å². The first-order valence-corrected chi connectivity index (χ1v) is 11.9. The summed E-state index contributed by atoms with van der Waals surface area (Å²) < 4.78 is 7.46. The van der Waals surface area contributed by atoms with Crippen LogP contribution >= 0.6 is 11.3 Å². The second-order valence-corrected chi connectivity index (χ2v) is 9.58. The van der Waals surface area contributed by atoms with Gasteiger partial charge in [-0.05, 0) is 44.2 Å². The van der Waals surface area contributed by atoms with Gasteiger partial charge in [0.2, 0.25) is 0 Å². The van der Waals surface area contributed by atoms with Crippen LogP contribution in [-0.2, 0) is 6.54 Å². The average Bonchev–Trinajstić information content (AvgIpc) is 3.52. The molecule has 0 N–H and O–H groups in total. The van der Waals surface area contributed by atoms with Crippen molar-refractivity contribution in [3.8, 4) is 11.8 Å². The lowest BCUT2D eigenvalue weighted by atomic mass is 9.99. The number of methoxy groups -OCH3 is 1. The molecule has 0 saturated carbocycles. The molecule has 3 aromatic heterocycles. The zero-order valence-corrected chi connectivity index (χ0v) is 18.9. The van der Waals surface area contributed by atoms with Crippen molar-refractivity contribution in [3.63, 3.8) is 0 Å². The molecule has 5 heterocycles. The van der Waals surface area contributed by atoms with Crippen LogP contribution in [0.1, 0.15) is 47.9 Å². The van der Waals surface area contributed by atoms with Crippen LogP contribution in [-0.4, -0.2) is 46.2 Å². The number of piperidine rings is 1. The van der Waals surface area contributed by atoms with E-state index in [-0.39, 0.29) is 5.92 Å². The van der Waals surface area contributed by atoms with E-state index in [2.05, 4.69) is 40.4 Å². The van der Waals surface area contributed by atoms with Crippen LogP contribution in [0.15, 0.2) is 23.7 Å². The first-order chi connectivity index (χ1) is 15.2. The number of anilines is 1. The van der Waals surface area contributed by atoms with Gasteiger partial charge in [0.05, 0.1) is 35.7 Å². The number of fused-ring (bicyclic) bond motifs is 1. The van der Waals surface area contributed by atoms with E-state index in [4.69, 9.17) is 14.8 Å². The van der Waals surface area contributed by atoms with Gasteiger partial charge in [-0.2, -0.15) is 10.4 Å². The summed E-state index contributed by atoms with van der Waals surface area (Å²) in [6.45, 7) is 5.70. The minimum absolute atomic E-state index is 0.0999. The molecule has 0 radical (unpaired) electrons. The molecule has 0 bridgehead atoms. The smallest absolute Gasteiger partial charge is 0.157 e. The number of aromatic nitrogens is 3. The summed E-state index contributed by atoms with van der Waals surface area (Å²) >= 11 is 1.76. The number of likely N-dealkylation sites (tertiary alicyclic amines) is 1. The largest absolute Gasteiger partial charge is 0.496 e. The molecule has 0 aromatic carbocycles. The fraction of sp³-hybridized carbons (Fsp3) is 0.522. The molecule has 2 saturated heterocycles. The second kappa shape index (κ2) is 8.48. The Morgan fingerprint density at radius 3 is 3.00 bits per heavy atom. The van der Waals surface area contributed by atoms with Crippen molar-refractivity contribution < 1.29 is 4.74 Å². The van der Waals surface area contributed by atoms with Crippen LogP contribution in [0.2, 0.25) is 0 Å². The minimum atomic E-state index is 0.0999. The minimum Gasteiger partial charge on any atom is -0.496 e. The predicted molar refractivity (Wildman–Crippen MR) is 122 cm³/mol. The molecule has 2 unspecified atom stereocenters. The van der Waals surface area contributed by atoms with Gasteiger partial charge < -0.3 is 9.64 Å². The summed E-state index contributed by atoms with van der Waals surface area (Å²) in [6.07, 6.45) is 6.54. The van der Waals surface area contributed by atoms with Crippen LogP contribution in [0.5, 0.6) is 5.75 Å². The quantitative estimate of drug-likeness (QED) is 0.597. The first-order valence-electron chi connectivity index (χ1n) is 11.0. The Hall–Kier alpha value is -2.63. The summed E-state index contributed by atoms with van der Waals surface area (Å²) in [5.41, 5.74) is 3.08. The van der Waals surface area contributed by atoms with Crippen LogP contribution in [0.25, 0.3) is 5.65 Å². The zero-order valence-electron chi connectivity index (χ0n) is 18.1. The molecule has 31 heavy (non-hydrogen) atoms. The third-order valence-corrected chi connectivity index (χ3v) is 7.41. The lowest BCUT2D eigenvalue weighted by molar-refractivity contribution is 0.137. The number of ether oxygens (including phenoxy) is 1. The van der Waals surface area contributed by atoms with Crippen LogP contribution in [0, 0.1) is 24.2 Å². The highest BCUT2D eigenvalue weighted by molar-refractivity contribution is 7.10. The standard InChI is InChI=1S/C23H28N6OS/c1-16-13-29-22(25-23(16)28-9-6-17(12-24)14-28)11-18(26-29)19-5-3-4-8-27(19)15-21-20(30-2)7-10-31-21/h7,10-11,13,17,19H,3-6,8-9,14-15H2,1-2H3. The van der Waals surface area contributed by atoms with Gasteiger partial charge in [-0.3, -0.25) is 4.90 Å². The van der Waals surface area contributed by atoms with Crippen molar-refractivity contribution in [1.29, 1.82) is 5.26 Å². The number of nitrogens with zero attached hydrogens (tertiary/aromatic N) is 6. The number of aryl methyl sites for hydroxylation is 1. The maximum absolute atomic E-state index is 9.25. The number of nitriles is 1. The first kappa shape index (κ1) is 20.3. The van der Waals surface area contributed by atoms with Gasteiger partial charge in [-0.15, -0.1) is 11.3 Å². The molecule has 0 aliphatic carbocycles. The Morgan fingerprint density at radius 2 is 2.19 bits per heavy atom. The average molecular weight is 437 g/mol. The Balaban J connectivity index is 1.42. The maximum atomic E-state index is 9.25. The fourth-order valence-electron chi connectivity index (χ4n) is 4.89. The van der Waals surface area contributed by atoms with Crippen molar-refractivity contribution >= 4 is 22.8 Å². The van der Waals surface area contributed by atoms with Crippen LogP contribution in [0.3, 0.4) is 0 Å². The summed E-state index contributed by atoms with van der Waals surface area (Å²) in [5, 5.41) is 16.3. The molecule has 2 aliphatic heterocycles. The van der Waals surface area contributed by atoms with Gasteiger partial charge in [-0.1, -0.05) is 6.42 Å². The van der Waals surface area contributed by atoms with Crippen molar-refractivity contribution in [1.82, 2.24) is 19.5 Å². The number of hydrogen-bond acceptors (Lipinski definition) is 7. The van der Waals surface area contributed by atoms with E-state index < -0.39 is 0 Å². The Morgan fingerprint density at radius 1 is 1.29 bits per heavy atom. The monoisotopic (exact) mass is 436 g/mol. The van der Waals surface area contributed by atoms with E-state index in [1.165, 1.54) is 17.7 Å². The van der Waals surface area contributed by atoms with Gasteiger partial charge in [0.25, 0.3) is 0 Å². The Labute approximate surface area is 186 Å². The van der Waals surface area contributed by atoms with Gasteiger partial charge in [-0.25, -0.2) is 9.50 Å². The Kier molecular flexibility index (Phi) is 5.55. The van der Waals surface area contributed by atoms with Gasteiger partial charge in [0, 0.05) is 37.5 Å². The summed E-state index contributed by atoms with van der Waals surface area (Å²) in [4.78, 5) is 11.0. The summed E-state index contributed by atoms with van der Waals surface area (Å²) in [5.74, 6) is 2.07. The lowest BCUT2D eigenvalue weighted by Crippen LogP contribution is -2.33. The highest BCUT2D eigenvalue weighted by atomic mass is 32.1. The van der Waals surface area contributed by atoms with E-state index in [0.29, 0.717) is 6.04 Å². The number of rotatable bonds is 5. The SMILES string of the molecule is COc1ccsc1CN1CCCCC1c1cc2nc(N3CCC(C#N)C3)c(C)cn2n1. The predicted octanol–water partition coefficient (Wildman–Crippen LogP) is 4.18. The summed E-state index contributed by atoms with van der Waals surface area (Å²) in [6, 6.07) is 6.89.